The van der Waals surface area contributed by atoms with Crippen LogP contribution in [0.3, 0.4) is 0 Å². The largest absolute Gasteiger partial charge is 0.497 e. The van der Waals surface area contributed by atoms with Crippen molar-refractivity contribution in [1.82, 2.24) is 15.2 Å². The molecule has 2 aromatic rings. The van der Waals surface area contributed by atoms with Gasteiger partial charge in [-0.1, -0.05) is 12.1 Å². The van der Waals surface area contributed by atoms with Gasteiger partial charge >= 0.3 is 6.18 Å². The number of hydrogen-bond donors (Lipinski definition) is 1. The van der Waals surface area contributed by atoms with E-state index in [1.54, 1.807) is 7.11 Å². The van der Waals surface area contributed by atoms with Gasteiger partial charge in [-0.3, -0.25) is 9.69 Å². The topological polar surface area (TPSA) is 63.7 Å². The van der Waals surface area contributed by atoms with Crippen LogP contribution in [0.1, 0.15) is 34.8 Å². The summed E-state index contributed by atoms with van der Waals surface area (Å²) in [7, 11) is 1.61. The summed E-state index contributed by atoms with van der Waals surface area (Å²) in [6.45, 7) is 0.890. The monoisotopic (exact) mass is 423 g/mol. The number of rotatable bonds is 8. The highest BCUT2D eigenvalue weighted by Gasteiger charge is 2.28. The standard InChI is InChI=1S/C21H24F3N3O3/c1-29-17-7-4-15(5-8-17)18(27-10-2-3-11-27)13-26-20(28)16-6-9-19(25-12-16)30-14-21(22,23)24/h4-9,12,18H,2-3,10-11,13-14H2,1H3,(H,26,28)/t18-/m1/s1. The Hall–Kier alpha value is -2.81. The van der Waals surface area contributed by atoms with Crippen LogP contribution >= 0.6 is 0 Å². The maximum atomic E-state index is 12.5. The molecular formula is C21H24F3N3O3. The van der Waals surface area contributed by atoms with E-state index < -0.39 is 12.8 Å². The highest BCUT2D eigenvalue weighted by atomic mass is 19.4. The molecule has 162 valence electrons. The van der Waals surface area contributed by atoms with E-state index in [1.807, 2.05) is 24.3 Å². The summed E-state index contributed by atoms with van der Waals surface area (Å²) in [5.74, 6) is 0.237. The van der Waals surface area contributed by atoms with Crippen LogP contribution in [-0.2, 0) is 0 Å². The zero-order valence-corrected chi connectivity index (χ0v) is 16.6. The second kappa shape index (κ2) is 9.80. The highest BCUT2D eigenvalue weighted by molar-refractivity contribution is 5.93. The van der Waals surface area contributed by atoms with Gasteiger partial charge in [0.25, 0.3) is 5.91 Å². The number of halogens is 3. The molecule has 0 spiro atoms. The maximum Gasteiger partial charge on any atom is 0.422 e. The van der Waals surface area contributed by atoms with Gasteiger partial charge < -0.3 is 14.8 Å². The quantitative estimate of drug-likeness (QED) is 0.703. The molecule has 1 aromatic carbocycles. The Balaban J connectivity index is 1.62. The predicted octanol–water partition coefficient (Wildman–Crippen LogP) is 3.60. The zero-order chi connectivity index (χ0) is 21.6. The third-order valence-electron chi connectivity index (χ3n) is 4.92. The van der Waals surface area contributed by atoms with Crippen LogP contribution in [0.2, 0.25) is 0 Å². The summed E-state index contributed by atoms with van der Waals surface area (Å²) in [6, 6.07) is 10.4. The number of pyridine rings is 1. The lowest BCUT2D eigenvalue weighted by molar-refractivity contribution is -0.154. The smallest absolute Gasteiger partial charge is 0.422 e. The van der Waals surface area contributed by atoms with Crippen LogP contribution in [0, 0.1) is 0 Å². The molecule has 30 heavy (non-hydrogen) atoms. The Morgan fingerprint density at radius 3 is 2.43 bits per heavy atom. The minimum atomic E-state index is -4.44. The van der Waals surface area contributed by atoms with Crippen molar-refractivity contribution in [2.45, 2.75) is 25.1 Å². The van der Waals surface area contributed by atoms with Crippen molar-refractivity contribution in [2.24, 2.45) is 0 Å². The molecule has 0 bridgehead atoms. The van der Waals surface area contributed by atoms with E-state index in [-0.39, 0.29) is 23.4 Å². The molecule has 0 radical (unpaired) electrons. The van der Waals surface area contributed by atoms with Crippen LogP contribution < -0.4 is 14.8 Å². The Morgan fingerprint density at radius 1 is 1.17 bits per heavy atom. The van der Waals surface area contributed by atoms with Gasteiger partial charge in [-0.15, -0.1) is 0 Å². The van der Waals surface area contributed by atoms with Crippen LogP contribution in [-0.4, -0.2) is 55.3 Å². The zero-order valence-electron chi connectivity index (χ0n) is 16.6. The van der Waals surface area contributed by atoms with Crippen LogP contribution in [0.5, 0.6) is 11.6 Å². The summed E-state index contributed by atoms with van der Waals surface area (Å²) in [4.78, 5) is 18.6. The van der Waals surface area contributed by atoms with Gasteiger partial charge in [-0.2, -0.15) is 13.2 Å². The van der Waals surface area contributed by atoms with Crippen molar-refractivity contribution in [2.75, 3.05) is 33.4 Å². The molecule has 1 aliphatic rings. The first-order valence-corrected chi connectivity index (χ1v) is 9.67. The molecule has 3 rings (SSSR count). The van der Waals surface area contributed by atoms with Crippen molar-refractivity contribution in [1.29, 1.82) is 0 Å². The van der Waals surface area contributed by atoms with E-state index in [0.717, 1.165) is 37.2 Å². The molecule has 1 aromatic heterocycles. The first-order valence-electron chi connectivity index (χ1n) is 9.67. The Labute approximate surface area is 173 Å². The summed E-state index contributed by atoms with van der Waals surface area (Å²) in [5.41, 5.74) is 1.33. The lowest BCUT2D eigenvalue weighted by Crippen LogP contribution is -2.36. The number of ether oxygens (including phenoxy) is 2. The van der Waals surface area contributed by atoms with E-state index in [9.17, 15) is 18.0 Å². The maximum absolute atomic E-state index is 12.5. The molecule has 1 fully saturated rings. The lowest BCUT2D eigenvalue weighted by atomic mass is 10.0. The molecule has 2 heterocycles. The molecule has 0 saturated carbocycles. The number of amides is 1. The number of nitrogens with zero attached hydrogens (tertiary/aromatic N) is 2. The first kappa shape index (κ1) is 21.9. The van der Waals surface area contributed by atoms with Gasteiger partial charge in [0.15, 0.2) is 6.61 Å². The molecular weight excluding hydrogens is 399 g/mol. The predicted molar refractivity (Wildman–Crippen MR) is 105 cm³/mol. The van der Waals surface area contributed by atoms with E-state index >= 15 is 0 Å². The van der Waals surface area contributed by atoms with Crippen LogP contribution in [0.15, 0.2) is 42.6 Å². The third-order valence-corrected chi connectivity index (χ3v) is 4.92. The number of likely N-dealkylation sites (tertiary alicyclic amines) is 1. The van der Waals surface area contributed by atoms with E-state index in [2.05, 4.69) is 19.9 Å². The Morgan fingerprint density at radius 2 is 1.87 bits per heavy atom. The fourth-order valence-electron chi connectivity index (χ4n) is 3.38. The first-order chi connectivity index (χ1) is 14.4. The molecule has 1 N–H and O–H groups in total. The van der Waals surface area contributed by atoms with Crippen molar-refractivity contribution in [3.05, 3.63) is 53.7 Å². The Kier molecular flexibility index (Phi) is 7.15. The number of benzene rings is 1. The Bertz CT molecular complexity index is 820. The second-order valence-electron chi connectivity index (χ2n) is 7.03. The van der Waals surface area contributed by atoms with Crippen molar-refractivity contribution in [3.63, 3.8) is 0 Å². The molecule has 6 nitrogen and oxygen atoms in total. The average Bonchev–Trinajstić information content (AvgIpc) is 3.27. The number of carbonyl (C=O) groups is 1. The fourth-order valence-corrected chi connectivity index (χ4v) is 3.38. The lowest BCUT2D eigenvalue weighted by Gasteiger charge is -2.28. The van der Waals surface area contributed by atoms with Gasteiger partial charge in [0.2, 0.25) is 5.88 Å². The number of alkyl halides is 3. The number of methoxy groups -OCH3 is 1. The SMILES string of the molecule is COc1ccc([C@@H](CNC(=O)c2ccc(OCC(F)(F)F)nc2)N2CCCC2)cc1. The highest BCUT2D eigenvalue weighted by Crippen LogP contribution is 2.26. The molecule has 1 amide bonds. The number of hydrogen-bond acceptors (Lipinski definition) is 5. The normalized spacial score (nSPS) is 15.6. The number of aromatic nitrogens is 1. The fraction of sp³-hybridized carbons (Fsp3) is 0.429. The van der Waals surface area contributed by atoms with Crippen molar-refractivity contribution >= 4 is 5.91 Å². The minimum Gasteiger partial charge on any atom is -0.497 e. The number of carbonyl (C=O) groups excluding carboxylic acids is 1. The molecule has 0 unspecified atom stereocenters. The van der Waals surface area contributed by atoms with Gasteiger partial charge in [0, 0.05) is 18.8 Å². The van der Waals surface area contributed by atoms with E-state index in [0.29, 0.717) is 6.54 Å². The van der Waals surface area contributed by atoms with Crippen LogP contribution in [0.4, 0.5) is 13.2 Å². The summed E-state index contributed by atoms with van der Waals surface area (Å²) in [5, 5.41) is 2.91. The molecule has 1 atom stereocenters. The third kappa shape index (κ3) is 6.09. The van der Waals surface area contributed by atoms with Gasteiger partial charge in [-0.05, 0) is 49.7 Å². The molecule has 1 aliphatic heterocycles. The number of nitrogens with one attached hydrogen (secondary N) is 1. The van der Waals surface area contributed by atoms with Gasteiger partial charge in [-0.25, -0.2) is 4.98 Å². The molecule has 0 aliphatic carbocycles. The van der Waals surface area contributed by atoms with Crippen LogP contribution in [0.25, 0.3) is 0 Å². The second-order valence-corrected chi connectivity index (χ2v) is 7.03. The van der Waals surface area contributed by atoms with Gasteiger partial charge in [0.1, 0.15) is 5.75 Å². The molecule has 1 saturated heterocycles. The minimum absolute atomic E-state index is 0.0182. The van der Waals surface area contributed by atoms with Gasteiger partial charge in [0.05, 0.1) is 18.7 Å². The van der Waals surface area contributed by atoms with Crippen molar-refractivity contribution < 1.29 is 27.4 Å². The summed E-state index contributed by atoms with van der Waals surface area (Å²) in [6.07, 6.45) is -1.00. The average molecular weight is 423 g/mol. The summed E-state index contributed by atoms with van der Waals surface area (Å²) < 4.78 is 46.4. The van der Waals surface area contributed by atoms with E-state index in [1.165, 1.54) is 18.3 Å². The summed E-state index contributed by atoms with van der Waals surface area (Å²) >= 11 is 0. The molecule has 9 heteroatoms. The van der Waals surface area contributed by atoms with Crippen molar-refractivity contribution in [3.8, 4) is 11.6 Å². The van der Waals surface area contributed by atoms with E-state index in [4.69, 9.17) is 4.74 Å².